The van der Waals surface area contributed by atoms with E-state index in [0.717, 1.165) is 65.6 Å². The first-order valence-electron chi connectivity index (χ1n) is 25.7. The fraction of sp³-hybridized carbons (Fsp3) is 0.536. The van der Waals surface area contributed by atoms with Gasteiger partial charge in [0.2, 0.25) is 0 Å². The Kier molecular flexibility index (Phi) is 14.1. The third-order valence-corrected chi connectivity index (χ3v) is 15.8. The normalized spacial score (nSPS) is 23.6. The molecule has 2 unspecified atom stereocenters. The summed E-state index contributed by atoms with van der Waals surface area (Å²) >= 11 is 1.42. The van der Waals surface area contributed by atoms with Crippen LogP contribution in [-0.2, 0) is 43.3 Å². The van der Waals surface area contributed by atoms with Crippen molar-refractivity contribution in [2.45, 2.75) is 150 Å². The number of amides is 2. The second kappa shape index (κ2) is 19.8. The fourth-order valence-electron chi connectivity index (χ4n) is 13.3. The van der Waals surface area contributed by atoms with Crippen molar-refractivity contribution in [2.24, 2.45) is 16.2 Å². The number of carbonyl (C=O) groups is 5. The third-order valence-electron chi connectivity index (χ3n) is 14.8. The molecule has 2 aromatic carbocycles. The van der Waals surface area contributed by atoms with Crippen LogP contribution in [0.4, 0.5) is 15.7 Å². The molecule has 5 aliphatic rings. The Morgan fingerprint density at radius 2 is 1.58 bits per heavy atom. The third kappa shape index (κ3) is 11.7. The van der Waals surface area contributed by atoms with E-state index in [0.29, 0.717) is 66.8 Å². The molecule has 10 rings (SSSR count). The number of pyridine rings is 1. The van der Waals surface area contributed by atoms with Crippen LogP contribution in [-0.4, -0.2) is 104 Å². The number of carbonyl (C=O) groups excluding carboxylic acids is 4. The maximum absolute atomic E-state index is 13.7. The van der Waals surface area contributed by atoms with Gasteiger partial charge < -0.3 is 34.9 Å². The van der Waals surface area contributed by atoms with Crippen molar-refractivity contribution in [2.75, 3.05) is 36.5 Å². The molecule has 4 N–H and O–H groups in total. The maximum Gasteiger partial charge on any atom is 0.408 e. The molecule has 18 heteroatoms. The molecule has 1 aliphatic heterocycles. The van der Waals surface area contributed by atoms with Gasteiger partial charge in [0, 0.05) is 48.6 Å². The van der Waals surface area contributed by atoms with E-state index < -0.39 is 35.3 Å². The first-order valence-corrected chi connectivity index (χ1v) is 26.5. The number of carboxylic acids is 1. The van der Waals surface area contributed by atoms with Gasteiger partial charge in [-0.3, -0.25) is 24.4 Å². The molecule has 0 spiro atoms. The van der Waals surface area contributed by atoms with Crippen molar-refractivity contribution in [3.63, 3.8) is 0 Å². The van der Waals surface area contributed by atoms with Gasteiger partial charge in [-0.15, -0.1) is 0 Å². The topological polar surface area (TPSA) is 216 Å². The van der Waals surface area contributed by atoms with Crippen molar-refractivity contribution in [1.29, 1.82) is 0 Å². The van der Waals surface area contributed by atoms with Crippen molar-refractivity contribution >= 4 is 62.2 Å². The fourth-order valence-corrected chi connectivity index (χ4v) is 14.2. The number of nitrogens with zero attached hydrogens (tertiary/aromatic N) is 5. The number of benzene rings is 2. The summed E-state index contributed by atoms with van der Waals surface area (Å²) in [6, 6.07) is 16.1. The van der Waals surface area contributed by atoms with Crippen LogP contribution in [0.2, 0.25) is 0 Å². The summed E-state index contributed by atoms with van der Waals surface area (Å²) in [6.45, 7) is 19.4. The summed E-state index contributed by atoms with van der Waals surface area (Å²) in [7, 11) is 0. The number of carboxylic acid groups (broad SMARTS) is 1. The molecular formula is C56H70N8O9S. The minimum Gasteiger partial charge on any atom is -0.476 e. The average molecular weight is 1030 g/mol. The Bertz CT molecular complexity index is 2920. The quantitative estimate of drug-likeness (QED) is 0.0505. The van der Waals surface area contributed by atoms with Crippen LogP contribution >= 0.6 is 11.3 Å². The smallest absolute Gasteiger partial charge is 0.408 e. The Morgan fingerprint density at radius 3 is 2.28 bits per heavy atom. The minimum absolute atomic E-state index is 0.0468. The van der Waals surface area contributed by atoms with Crippen LogP contribution in [0.5, 0.6) is 0 Å². The molecule has 0 radical (unpaired) electrons. The number of fused-ring (bicyclic) bond motifs is 2. The molecular weight excluding hydrogens is 961 g/mol. The number of Topliss-reactive ketones (excluding diaryl/α,β-unsaturated/α-hetero) is 1. The number of thiazole rings is 1. The minimum atomic E-state index is -1.14. The second-order valence-electron chi connectivity index (χ2n) is 24.1. The van der Waals surface area contributed by atoms with Gasteiger partial charge in [-0.1, -0.05) is 49.4 Å². The molecule has 2 amide bonds. The van der Waals surface area contributed by atoms with Crippen molar-refractivity contribution < 1.29 is 43.3 Å². The number of ketones is 1. The first-order chi connectivity index (χ1) is 34.8. The van der Waals surface area contributed by atoms with E-state index in [1.807, 2.05) is 71.1 Å². The van der Waals surface area contributed by atoms with Crippen LogP contribution in [0.25, 0.3) is 21.3 Å². The van der Waals surface area contributed by atoms with Crippen molar-refractivity contribution in [3.05, 3.63) is 88.9 Å². The van der Waals surface area contributed by atoms with E-state index in [4.69, 9.17) is 24.3 Å². The van der Waals surface area contributed by atoms with Crippen LogP contribution < -0.4 is 20.9 Å². The second-order valence-corrected chi connectivity index (χ2v) is 25.1. The summed E-state index contributed by atoms with van der Waals surface area (Å²) in [6.07, 6.45) is 7.15. The van der Waals surface area contributed by atoms with E-state index in [1.54, 1.807) is 47.7 Å². The lowest BCUT2D eigenvalue weighted by molar-refractivity contribution is -0.247. The highest BCUT2D eigenvalue weighted by Crippen LogP contribution is 2.72. The summed E-state index contributed by atoms with van der Waals surface area (Å²) in [4.78, 5) is 77.1. The van der Waals surface area contributed by atoms with Gasteiger partial charge in [0.25, 0.3) is 5.91 Å². The predicted octanol–water partition coefficient (Wildman–Crippen LogP) is 9.30. The lowest BCUT2D eigenvalue weighted by Gasteiger charge is -2.69. The van der Waals surface area contributed by atoms with E-state index >= 15 is 0 Å². The maximum atomic E-state index is 13.7. The molecule has 4 heterocycles. The Labute approximate surface area is 436 Å². The van der Waals surface area contributed by atoms with Crippen molar-refractivity contribution in [1.82, 2.24) is 30.4 Å². The number of aromatic nitrogens is 4. The largest absolute Gasteiger partial charge is 0.476 e. The number of alkyl carbamates (subject to hydrolysis) is 1. The predicted molar refractivity (Wildman–Crippen MR) is 282 cm³/mol. The van der Waals surface area contributed by atoms with Gasteiger partial charge in [-0.2, -0.15) is 5.10 Å². The molecule has 4 saturated carbocycles. The molecule has 4 aliphatic carbocycles. The molecule has 17 nitrogen and oxygen atoms in total. The van der Waals surface area contributed by atoms with Crippen LogP contribution in [0.3, 0.4) is 0 Å². The van der Waals surface area contributed by atoms with Gasteiger partial charge in [0.1, 0.15) is 23.1 Å². The van der Waals surface area contributed by atoms with Gasteiger partial charge in [0.05, 0.1) is 41.6 Å². The molecule has 74 heavy (non-hydrogen) atoms. The summed E-state index contributed by atoms with van der Waals surface area (Å²) in [5, 5.41) is 24.9. The zero-order valence-corrected chi connectivity index (χ0v) is 44.9. The highest BCUT2D eigenvalue weighted by Gasteiger charge is 2.66. The highest BCUT2D eigenvalue weighted by molar-refractivity contribution is 7.22. The number of nitrogens with one attached hydrogen (secondary N) is 3. The van der Waals surface area contributed by atoms with Crippen LogP contribution in [0.1, 0.15) is 138 Å². The molecule has 4 fully saturated rings. The lowest BCUT2D eigenvalue weighted by Crippen LogP contribution is -2.64. The van der Waals surface area contributed by atoms with Gasteiger partial charge >= 0.3 is 18.0 Å². The number of anilines is 2. The highest BCUT2D eigenvalue weighted by atomic mass is 32.1. The van der Waals surface area contributed by atoms with E-state index in [-0.39, 0.29) is 52.2 Å². The summed E-state index contributed by atoms with van der Waals surface area (Å²) in [5.74, 6) is -1.85. The SMILES string of the molecule is Cc1c(-c2ccc(N3CCc4cccc(C(=O)Nc5nc6ccccc6s5)c4C3)nc2C(=O)O)cnn1CC12CC3(C)CC(C)(C1)CC(OCCNCC(=O)[C@H](CC(=O)OC(C)(C)C)NC(=O)OC(C)(C)C)(C3)C2. The van der Waals surface area contributed by atoms with Crippen molar-refractivity contribution in [3.8, 4) is 11.1 Å². The lowest BCUT2D eigenvalue weighted by atomic mass is 9.39. The van der Waals surface area contributed by atoms with E-state index in [2.05, 4.69) is 34.8 Å². The summed E-state index contributed by atoms with van der Waals surface area (Å²) < 4.78 is 20.8. The number of ether oxygens (including phenoxy) is 3. The number of hydrogen-bond donors (Lipinski definition) is 4. The van der Waals surface area contributed by atoms with Crippen LogP contribution in [0.15, 0.2) is 60.8 Å². The van der Waals surface area contributed by atoms with Gasteiger partial charge in [-0.05, 0) is 151 Å². The van der Waals surface area contributed by atoms with Gasteiger partial charge in [-0.25, -0.2) is 19.6 Å². The first kappa shape index (κ1) is 52.6. The molecule has 4 bridgehead atoms. The Balaban J connectivity index is 0.860. The number of hydrogen-bond acceptors (Lipinski definition) is 14. The molecule has 394 valence electrons. The number of esters is 1. The zero-order chi connectivity index (χ0) is 53.0. The number of rotatable bonds is 17. The monoisotopic (exact) mass is 1030 g/mol. The molecule has 3 atom stereocenters. The van der Waals surface area contributed by atoms with Crippen LogP contribution in [0, 0.1) is 23.2 Å². The molecule has 3 aromatic heterocycles. The summed E-state index contributed by atoms with van der Waals surface area (Å²) in [5.41, 5.74) is 3.36. The van der Waals surface area contributed by atoms with Gasteiger partial charge in [0.15, 0.2) is 16.6 Å². The molecule has 0 saturated heterocycles. The average Bonchev–Trinajstić information content (AvgIpc) is 3.86. The number of aromatic carboxylic acids is 1. The number of para-hydroxylation sites is 1. The standard InChI is InChI=1S/C56H70N8O9S/c1-34-38(36-17-18-44(61-46(36)48(68)69)63-21-19-35-13-12-14-37(39(35)26-63)47(67)62-49-59-40-15-10-11-16-43(40)74-49)24-58-64(34)33-55-28-53(8)27-54(9,29-55)31-56(30-53,32-55)71-22-20-57-25-42(65)41(23-45(66)72-51(2,3)4)60-50(70)73-52(5,6)7/h10-18,24,41,57H,19-23,25-33H2,1-9H3,(H,60,70)(H,68,69)(H,59,62,67)/t41-,53?,54?,55?,56?/m0/s1. The Morgan fingerprint density at radius 1 is 0.851 bits per heavy atom. The zero-order valence-electron chi connectivity index (χ0n) is 44.1. The van der Waals surface area contributed by atoms with E-state index in [9.17, 15) is 29.1 Å². The molecule has 5 aromatic rings. The van der Waals surface area contributed by atoms with E-state index in [1.165, 1.54) is 11.3 Å². The Hall–Kier alpha value is -6.24.